The third kappa shape index (κ3) is 3.61. The van der Waals surface area contributed by atoms with Gasteiger partial charge in [-0.15, -0.1) is 0 Å². The Balaban J connectivity index is 1.36. The van der Waals surface area contributed by atoms with Crippen molar-refractivity contribution < 1.29 is 4.74 Å². The molecule has 1 aliphatic rings. The number of hydrogen-bond donors (Lipinski definition) is 1. The first kappa shape index (κ1) is 18.3. The van der Waals surface area contributed by atoms with Crippen LogP contribution in [0.2, 0.25) is 0 Å². The minimum absolute atomic E-state index is 0.548. The molecule has 0 fully saturated rings. The highest BCUT2D eigenvalue weighted by atomic mass is 16.5. The van der Waals surface area contributed by atoms with Gasteiger partial charge in [-0.3, -0.25) is 0 Å². The molecule has 2 aromatic carbocycles. The van der Waals surface area contributed by atoms with E-state index in [9.17, 15) is 0 Å². The number of nitrogens with zero attached hydrogens (tertiary/aromatic N) is 5. The topological polar surface area (TPSA) is 77.8 Å². The molecule has 5 rings (SSSR count). The summed E-state index contributed by atoms with van der Waals surface area (Å²) in [5, 5.41) is 7.70. The van der Waals surface area contributed by atoms with Crippen molar-refractivity contribution in [3.63, 3.8) is 0 Å². The SMILES string of the molecule is Cc1nc(C)n(-c2ccc(Nc3nccc(-c4ccc5c(c4)OCCC5)n3)cc2)n1. The summed E-state index contributed by atoms with van der Waals surface area (Å²) >= 11 is 0. The molecule has 2 aromatic heterocycles. The zero-order chi connectivity index (χ0) is 20.5. The lowest BCUT2D eigenvalue weighted by Crippen LogP contribution is -2.08. The van der Waals surface area contributed by atoms with Gasteiger partial charge in [-0.05, 0) is 68.7 Å². The van der Waals surface area contributed by atoms with Crippen molar-refractivity contribution in [3.8, 4) is 22.7 Å². The molecule has 1 aliphatic heterocycles. The van der Waals surface area contributed by atoms with Crippen molar-refractivity contribution in [2.45, 2.75) is 26.7 Å². The molecule has 30 heavy (non-hydrogen) atoms. The van der Waals surface area contributed by atoms with E-state index in [1.807, 2.05) is 48.9 Å². The zero-order valence-electron chi connectivity index (χ0n) is 17.0. The molecule has 0 saturated carbocycles. The summed E-state index contributed by atoms with van der Waals surface area (Å²) < 4.78 is 7.63. The maximum atomic E-state index is 5.80. The van der Waals surface area contributed by atoms with Gasteiger partial charge in [-0.2, -0.15) is 5.10 Å². The molecule has 0 spiro atoms. The first-order valence-electron chi connectivity index (χ1n) is 10.0. The number of nitrogens with one attached hydrogen (secondary N) is 1. The van der Waals surface area contributed by atoms with Gasteiger partial charge in [0.05, 0.1) is 18.0 Å². The fourth-order valence-corrected chi connectivity index (χ4v) is 3.66. The summed E-state index contributed by atoms with van der Waals surface area (Å²) in [7, 11) is 0. The highest BCUT2D eigenvalue weighted by molar-refractivity contribution is 5.65. The fraction of sp³-hybridized carbons (Fsp3) is 0.217. The highest BCUT2D eigenvalue weighted by Gasteiger charge is 2.12. The summed E-state index contributed by atoms with van der Waals surface area (Å²) in [4.78, 5) is 13.4. The van der Waals surface area contributed by atoms with Gasteiger partial charge >= 0.3 is 0 Å². The predicted molar refractivity (Wildman–Crippen MR) is 115 cm³/mol. The van der Waals surface area contributed by atoms with E-state index < -0.39 is 0 Å². The second kappa shape index (κ2) is 7.59. The second-order valence-corrected chi connectivity index (χ2v) is 7.33. The van der Waals surface area contributed by atoms with Gasteiger partial charge < -0.3 is 10.1 Å². The summed E-state index contributed by atoms with van der Waals surface area (Å²) in [6, 6.07) is 16.2. The molecule has 0 bridgehead atoms. The quantitative estimate of drug-likeness (QED) is 0.549. The van der Waals surface area contributed by atoms with E-state index >= 15 is 0 Å². The van der Waals surface area contributed by atoms with E-state index in [-0.39, 0.29) is 0 Å². The summed E-state index contributed by atoms with van der Waals surface area (Å²) in [6.45, 7) is 4.60. The van der Waals surface area contributed by atoms with Gasteiger partial charge in [0.15, 0.2) is 0 Å². The second-order valence-electron chi connectivity index (χ2n) is 7.33. The molecule has 0 atom stereocenters. The highest BCUT2D eigenvalue weighted by Crippen LogP contribution is 2.30. The van der Waals surface area contributed by atoms with E-state index in [1.54, 1.807) is 6.20 Å². The van der Waals surface area contributed by atoms with Gasteiger partial charge in [0.2, 0.25) is 5.95 Å². The van der Waals surface area contributed by atoms with Crippen molar-refractivity contribution in [2.24, 2.45) is 0 Å². The lowest BCUT2D eigenvalue weighted by atomic mass is 10.0. The fourth-order valence-electron chi connectivity index (χ4n) is 3.66. The Bertz CT molecular complexity index is 1200. The Labute approximate surface area is 174 Å². The number of hydrogen-bond acceptors (Lipinski definition) is 6. The lowest BCUT2D eigenvalue weighted by molar-refractivity contribution is 0.288. The summed E-state index contributed by atoms with van der Waals surface area (Å²) in [5.74, 6) is 3.12. The third-order valence-electron chi connectivity index (χ3n) is 5.11. The molecule has 0 radical (unpaired) electrons. The normalized spacial score (nSPS) is 12.9. The molecule has 4 aromatic rings. The third-order valence-corrected chi connectivity index (χ3v) is 5.11. The number of benzene rings is 2. The molecule has 7 heteroatoms. The van der Waals surface area contributed by atoms with Crippen LogP contribution in [0.15, 0.2) is 54.7 Å². The summed E-state index contributed by atoms with van der Waals surface area (Å²) in [6.07, 6.45) is 3.90. The molecule has 0 amide bonds. The van der Waals surface area contributed by atoms with Crippen molar-refractivity contribution in [1.82, 2.24) is 24.7 Å². The maximum absolute atomic E-state index is 5.80. The average Bonchev–Trinajstić information content (AvgIpc) is 3.12. The van der Waals surface area contributed by atoms with Crippen LogP contribution in [0.3, 0.4) is 0 Å². The smallest absolute Gasteiger partial charge is 0.227 e. The predicted octanol–water partition coefficient (Wildman–Crippen LogP) is 4.41. The summed E-state index contributed by atoms with van der Waals surface area (Å²) in [5.41, 5.74) is 5.00. The Kier molecular flexibility index (Phi) is 4.63. The van der Waals surface area contributed by atoms with E-state index in [0.29, 0.717) is 5.95 Å². The Hall–Kier alpha value is -3.74. The van der Waals surface area contributed by atoms with Crippen LogP contribution in [0.25, 0.3) is 16.9 Å². The van der Waals surface area contributed by atoms with Gasteiger partial charge in [-0.1, -0.05) is 12.1 Å². The van der Waals surface area contributed by atoms with Crippen molar-refractivity contribution in [3.05, 3.63) is 71.9 Å². The largest absolute Gasteiger partial charge is 0.493 e. The monoisotopic (exact) mass is 398 g/mol. The number of ether oxygens (including phenoxy) is 1. The number of aryl methyl sites for hydroxylation is 3. The molecule has 3 heterocycles. The van der Waals surface area contributed by atoms with Crippen molar-refractivity contribution in [1.29, 1.82) is 0 Å². The van der Waals surface area contributed by atoms with Crippen molar-refractivity contribution in [2.75, 3.05) is 11.9 Å². The first-order valence-corrected chi connectivity index (χ1v) is 10.0. The molecule has 1 N–H and O–H groups in total. The first-order chi connectivity index (χ1) is 14.7. The van der Waals surface area contributed by atoms with E-state index in [0.717, 1.165) is 59.5 Å². The van der Waals surface area contributed by atoms with Crippen LogP contribution >= 0.6 is 0 Å². The molecule has 0 aliphatic carbocycles. The molecule has 0 saturated heterocycles. The van der Waals surface area contributed by atoms with Crippen LogP contribution in [0.4, 0.5) is 11.6 Å². The number of rotatable bonds is 4. The van der Waals surface area contributed by atoms with E-state index in [2.05, 4.69) is 43.6 Å². The van der Waals surface area contributed by atoms with Crippen LogP contribution in [-0.2, 0) is 6.42 Å². The number of anilines is 2. The Morgan fingerprint density at radius 2 is 1.87 bits per heavy atom. The number of aromatic nitrogens is 5. The van der Waals surface area contributed by atoms with Crippen LogP contribution < -0.4 is 10.1 Å². The maximum Gasteiger partial charge on any atom is 0.227 e. The van der Waals surface area contributed by atoms with Gasteiger partial charge in [0.25, 0.3) is 0 Å². The molecule has 7 nitrogen and oxygen atoms in total. The average molecular weight is 398 g/mol. The molecule has 0 unspecified atom stereocenters. The molecular weight excluding hydrogens is 376 g/mol. The van der Waals surface area contributed by atoms with Crippen LogP contribution in [0.1, 0.15) is 23.6 Å². The number of fused-ring (bicyclic) bond motifs is 1. The van der Waals surface area contributed by atoms with Crippen LogP contribution in [-0.4, -0.2) is 31.3 Å². The Morgan fingerprint density at radius 1 is 1.00 bits per heavy atom. The van der Waals surface area contributed by atoms with E-state index in [4.69, 9.17) is 4.74 Å². The molecule has 150 valence electrons. The van der Waals surface area contributed by atoms with E-state index in [1.165, 1.54) is 5.56 Å². The minimum atomic E-state index is 0.548. The Morgan fingerprint density at radius 3 is 2.67 bits per heavy atom. The standard InChI is InChI=1S/C23H22N6O/c1-15-25-16(2)29(28-15)20-9-7-19(8-10-20)26-23-24-12-11-21(27-23)18-6-5-17-4-3-13-30-22(17)14-18/h5-12,14H,3-4,13H2,1-2H3,(H,24,26,27). The lowest BCUT2D eigenvalue weighted by Gasteiger charge is -2.17. The molecular formula is C23H22N6O. The minimum Gasteiger partial charge on any atom is -0.493 e. The van der Waals surface area contributed by atoms with Gasteiger partial charge in [0.1, 0.15) is 17.4 Å². The zero-order valence-corrected chi connectivity index (χ0v) is 17.0. The van der Waals surface area contributed by atoms with Crippen molar-refractivity contribution >= 4 is 11.6 Å². The van der Waals surface area contributed by atoms with Crippen LogP contribution in [0, 0.1) is 13.8 Å². The van der Waals surface area contributed by atoms with Gasteiger partial charge in [0, 0.05) is 17.4 Å². The van der Waals surface area contributed by atoms with Gasteiger partial charge in [-0.25, -0.2) is 19.6 Å². The van der Waals surface area contributed by atoms with Crippen LogP contribution in [0.5, 0.6) is 5.75 Å².